The van der Waals surface area contributed by atoms with Crippen molar-refractivity contribution in [3.8, 4) is 0 Å². The highest BCUT2D eigenvalue weighted by Gasteiger charge is 2.24. The van der Waals surface area contributed by atoms with E-state index in [4.69, 9.17) is 23.2 Å². The number of rotatable bonds is 4. The van der Waals surface area contributed by atoms with Gasteiger partial charge >= 0.3 is 0 Å². The van der Waals surface area contributed by atoms with Gasteiger partial charge in [0.05, 0.1) is 17.1 Å². The summed E-state index contributed by atoms with van der Waals surface area (Å²) in [6.45, 7) is 6.63. The normalized spacial score (nSPS) is 14.8. The number of nitrogens with zero attached hydrogens (tertiary/aromatic N) is 3. The largest absolute Gasteiger partial charge is 0.336 e. The number of aryl methyl sites for hydroxylation is 1. The minimum Gasteiger partial charge on any atom is -0.336 e. The van der Waals surface area contributed by atoms with Crippen LogP contribution in [0.3, 0.4) is 0 Å². The Morgan fingerprint density at radius 2 is 1.86 bits per heavy atom. The maximum Gasteiger partial charge on any atom is 0.255 e. The summed E-state index contributed by atoms with van der Waals surface area (Å²) < 4.78 is 0. The molecule has 0 spiro atoms. The third-order valence-corrected chi connectivity index (χ3v) is 5.63. The molecule has 148 valence electrons. The third-order valence-electron chi connectivity index (χ3n) is 4.95. The first-order valence-electron chi connectivity index (χ1n) is 9.04. The van der Waals surface area contributed by atoms with Gasteiger partial charge in [-0.3, -0.25) is 14.5 Å². The summed E-state index contributed by atoms with van der Waals surface area (Å²) in [5, 5.41) is 3.41. The van der Waals surface area contributed by atoms with Crippen molar-refractivity contribution in [2.24, 2.45) is 0 Å². The molecule has 1 aromatic carbocycles. The minimum absolute atomic E-state index is 0.0536. The SMILES string of the molecule is Cc1cccc(NC(=O)CN2CCN(C(=O)c3cnc(Cl)c(Cl)c3)CC2)c1C. The average Bonchev–Trinajstić information content (AvgIpc) is 2.67. The smallest absolute Gasteiger partial charge is 0.255 e. The van der Waals surface area contributed by atoms with Gasteiger partial charge in [0.25, 0.3) is 5.91 Å². The fourth-order valence-electron chi connectivity index (χ4n) is 3.11. The van der Waals surface area contributed by atoms with Crippen LogP contribution in [-0.4, -0.2) is 59.3 Å². The van der Waals surface area contributed by atoms with E-state index in [9.17, 15) is 9.59 Å². The Labute approximate surface area is 174 Å². The Morgan fingerprint density at radius 1 is 1.14 bits per heavy atom. The van der Waals surface area contributed by atoms with Gasteiger partial charge in [-0.25, -0.2) is 4.98 Å². The van der Waals surface area contributed by atoms with Gasteiger partial charge < -0.3 is 10.2 Å². The number of amides is 2. The lowest BCUT2D eigenvalue weighted by molar-refractivity contribution is -0.117. The molecule has 0 atom stereocenters. The van der Waals surface area contributed by atoms with Crippen molar-refractivity contribution in [1.82, 2.24) is 14.8 Å². The number of carbonyl (C=O) groups excluding carboxylic acids is 2. The van der Waals surface area contributed by atoms with Crippen molar-refractivity contribution in [1.29, 1.82) is 0 Å². The van der Waals surface area contributed by atoms with E-state index in [2.05, 4.69) is 10.3 Å². The molecule has 2 aromatic rings. The molecular weight excluding hydrogens is 399 g/mol. The summed E-state index contributed by atoms with van der Waals surface area (Å²) in [6.07, 6.45) is 1.43. The Hall–Kier alpha value is -2.15. The molecule has 0 bridgehead atoms. The van der Waals surface area contributed by atoms with Crippen LogP contribution in [0, 0.1) is 13.8 Å². The summed E-state index contributed by atoms with van der Waals surface area (Å²) in [4.78, 5) is 32.7. The van der Waals surface area contributed by atoms with Crippen molar-refractivity contribution in [2.45, 2.75) is 13.8 Å². The van der Waals surface area contributed by atoms with Crippen LogP contribution in [0.15, 0.2) is 30.5 Å². The molecule has 1 N–H and O–H groups in total. The highest BCUT2D eigenvalue weighted by atomic mass is 35.5. The summed E-state index contributed by atoms with van der Waals surface area (Å²) in [7, 11) is 0. The molecule has 0 radical (unpaired) electrons. The molecule has 2 heterocycles. The van der Waals surface area contributed by atoms with Crippen molar-refractivity contribution in [3.05, 3.63) is 57.3 Å². The van der Waals surface area contributed by atoms with Gasteiger partial charge in [0.2, 0.25) is 5.91 Å². The standard InChI is InChI=1S/C20H22Cl2N4O2/c1-13-4-3-5-17(14(13)2)24-18(27)12-25-6-8-26(9-7-25)20(28)15-10-16(21)19(22)23-11-15/h3-5,10-11H,6-9,12H2,1-2H3,(H,24,27). The van der Waals surface area contributed by atoms with E-state index in [1.54, 1.807) is 4.90 Å². The van der Waals surface area contributed by atoms with E-state index in [-0.39, 0.29) is 22.0 Å². The van der Waals surface area contributed by atoms with Gasteiger partial charge in [-0.05, 0) is 37.1 Å². The molecule has 1 aliphatic heterocycles. The second kappa shape index (κ2) is 8.90. The van der Waals surface area contributed by atoms with Crippen molar-refractivity contribution in [3.63, 3.8) is 0 Å². The summed E-state index contributed by atoms with van der Waals surface area (Å²) in [6, 6.07) is 7.39. The number of benzene rings is 1. The van der Waals surface area contributed by atoms with Crippen LogP contribution >= 0.6 is 23.2 Å². The van der Waals surface area contributed by atoms with E-state index in [1.165, 1.54) is 12.3 Å². The van der Waals surface area contributed by atoms with Crippen LogP contribution in [0.2, 0.25) is 10.2 Å². The molecule has 1 aromatic heterocycles. The van der Waals surface area contributed by atoms with Crippen molar-refractivity contribution < 1.29 is 9.59 Å². The number of nitrogens with one attached hydrogen (secondary N) is 1. The Bertz CT molecular complexity index is 896. The summed E-state index contributed by atoms with van der Waals surface area (Å²) >= 11 is 11.7. The number of hydrogen-bond donors (Lipinski definition) is 1. The molecule has 2 amide bonds. The van der Waals surface area contributed by atoms with E-state index < -0.39 is 0 Å². The van der Waals surface area contributed by atoms with Gasteiger partial charge in [-0.2, -0.15) is 0 Å². The predicted octanol–water partition coefficient (Wildman–Crippen LogP) is 3.40. The number of piperazine rings is 1. The molecule has 6 nitrogen and oxygen atoms in total. The maximum absolute atomic E-state index is 12.6. The van der Waals surface area contributed by atoms with Gasteiger partial charge in [-0.15, -0.1) is 0 Å². The number of anilines is 1. The third kappa shape index (κ3) is 4.82. The van der Waals surface area contributed by atoms with E-state index in [1.807, 2.05) is 36.9 Å². The van der Waals surface area contributed by atoms with E-state index in [0.717, 1.165) is 16.8 Å². The number of carbonyl (C=O) groups is 2. The van der Waals surface area contributed by atoms with E-state index >= 15 is 0 Å². The van der Waals surface area contributed by atoms with Crippen LogP contribution in [0.25, 0.3) is 0 Å². The lowest BCUT2D eigenvalue weighted by Crippen LogP contribution is -2.50. The van der Waals surface area contributed by atoms with Gasteiger partial charge in [0, 0.05) is 38.1 Å². The highest BCUT2D eigenvalue weighted by molar-refractivity contribution is 6.41. The Balaban J connectivity index is 1.52. The fourth-order valence-corrected chi connectivity index (χ4v) is 3.38. The highest BCUT2D eigenvalue weighted by Crippen LogP contribution is 2.21. The average molecular weight is 421 g/mol. The van der Waals surface area contributed by atoms with Crippen LogP contribution in [0.1, 0.15) is 21.5 Å². The van der Waals surface area contributed by atoms with Crippen LogP contribution in [0.5, 0.6) is 0 Å². The van der Waals surface area contributed by atoms with Crippen molar-refractivity contribution in [2.75, 3.05) is 38.0 Å². The molecule has 3 rings (SSSR count). The first kappa shape index (κ1) is 20.6. The molecular formula is C20H22Cl2N4O2. The number of aromatic nitrogens is 1. The number of halogens is 2. The number of pyridine rings is 1. The quantitative estimate of drug-likeness (QED) is 0.769. The lowest BCUT2D eigenvalue weighted by atomic mass is 10.1. The Kier molecular flexibility index (Phi) is 6.54. The predicted molar refractivity (Wildman–Crippen MR) is 111 cm³/mol. The van der Waals surface area contributed by atoms with Gasteiger partial charge in [0.1, 0.15) is 5.15 Å². The molecule has 1 aliphatic rings. The zero-order chi connectivity index (χ0) is 20.3. The molecule has 1 saturated heterocycles. The monoisotopic (exact) mass is 420 g/mol. The first-order chi connectivity index (χ1) is 13.3. The minimum atomic E-state index is -0.134. The first-order valence-corrected chi connectivity index (χ1v) is 9.79. The van der Waals surface area contributed by atoms with E-state index in [0.29, 0.717) is 38.3 Å². The van der Waals surface area contributed by atoms with Crippen LogP contribution < -0.4 is 5.32 Å². The zero-order valence-corrected chi connectivity index (χ0v) is 17.3. The maximum atomic E-state index is 12.6. The van der Waals surface area contributed by atoms with Crippen LogP contribution in [0.4, 0.5) is 5.69 Å². The molecule has 28 heavy (non-hydrogen) atoms. The molecule has 0 aliphatic carbocycles. The summed E-state index contributed by atoms with van der Waals surface area (Å²) in [5.41, 5.74) is 3.46. The van der Waals surface area contributed by atoms with Gasteiger partial charge in [-0.1, -0.05) is 35.3 Å². The van der Waals surface area contributed by atoms with Gasteiger partial charge in [0.15, 0.2) is 0 Å². The second-order valence-electron chi connectivity index (χ2n) is 6.86. The Morgan fingerprint density at radius 3 is 2.54 bits per heavy atom. The molecule has 0 saturated carbocycles. The second-order valence-corrected chi connectivity index (χ2v) is 7.63. The molecule has 0 unspecified atom stereocenters. The molecule has 1 fully saturated rings. The topological polar surface area (TPSA) is 65.5 Å². The lowest BCUT2D eigenvalue weighted by Gasteiger charge is -2.34. The van der Waals surface area contributed by atoms with Crippen LogP contribution in [-0.2, 0) is 4.79 Å². The number of hydrogen-bond acceptors (Lipinski definition) is 4. The zero-order valence-electron chi connectivity index (χ0n) is 15.8. The fraction of sp³-hybridized carbons (Fsp3) is 0.350. The van der Waals surface area contributed by atoms with Crippen molar-refractivity contribution >= 4 is 40.7 Å². The molecule has 8 heteroatoms. The summed E-state index contributed by atoms with van der Waals surface area (Å²) in [5.74, 6) is -0.187.